The Bertz CT molecular complexity index is 936. The average Bonchev–Trinajstić information content (AvgIpc) is 2.95. The largest absolute Gasteiger partial charge is 0.496 e. The molecule has 0 N–H and O–H groups in total. The highest BCUT2D eigenvalue weighted by atomic mass is 79.9. The summed E-state index contributed by atoms with van der Waals surface area (Å²) in [5.41, 5.74) is 0.983. The van der Waals surface area contributed by atoms with Gasteiger partial charge in [-0.25, -0.2) is 9.79 Å². The van der Waals surface area contributed by atoms with Crippen LogP contribution in [0.15, 0.2) is 57.6 Å². The molecule has 2 aromatic carbocycles. The van der Waals surface area contributed by atoms with Crippen LogP contribution >= 0.6 is 15.9 Å². The lowest BCUT2D eigenvalue weighted by molar-refractivity contribution is -0.384. The number of aliphatic imine (C=N–C) groups is 1. The maximum atomic E-state index is 12.1. The van der Waals surface area contributed by atoms with E-state index in [1.807, 2.05) is 0 Å². The summed E-state index contributed by atoms with van der Waals surface area (Å²) in [6, 6.07) is 11.1. The molecule has 1 aliphatic heterocycles. The van der Waals surface area contributed by atoms with Gasteiger partial charge in [0.15, 0.2) is 5.70 Å². The number of carbonyl (C=O) groups is 1. The second-order valence-electron chi connectivity index (χ2n) is 5.03. The molecule has 25 heavy (non-hydrogen) atoms. The number of ether oxygens (including phenoxy) is 2. The fourth-order valence-electron chi connectivity index (χ4n) is 2.26. The Morgan fingerprint density at radius 1 is 1.28 bits per heavy atom. The molecule has 2 aromatic rings. The Kier molecular flexibility index (Phi) is 4.62. The molecule has 0 unspecified atom stereocenters. The van der Waals surface area contributed by atoms with Gasteiger partial charge >= 0.3 is 5.97 Å². The van der Waals surface area contributed by atoms with E-state index in [1.165, 1.54) is 31.4 Å². The summed E-state index contributed by atoms with van der Waals surface area (Å²) in [5.74, 6) is -0.0188. The van der Waals surface area contributed by atoms with Crippen LogP contribution in [0.1, 0.15) is 11.1 Å². The Hall–Kier alpha value is -3.00. The predicted octanol–water partition coefficient (Wildman–Crippen LogP) is 3.71. The molecule has 0 radical (unpaired) electrons. The third kappa shape index (κ3) is 3.58. The summed E-state index contributed by atoms with van der Waals surface area (Å²) < 4.78 is 11.2. The molecule has 1 heterocycles. The fourth-order valence-corrected chi connectivity index (χ4v) is 2.62. The van der Waals surface area contributed by atoms with Crippen LogP contribution in [0.25, 0.3) is 6.08 Å². The van der Waals surface area contributed by atoms with Gasteiger partial charge in [0.2, 0.25) is 5.90 Å². The first kappa shape index (κ1) is 16.8. The van der Waals surface area contributed by atoms with Crippen LogP contribution in [0.4, 0.5) is 5.69 Å². The van der Waals surface area contributed by atoms with E-state index < -0.39 is 10.9 Å². The number of halogens is 1. The van der Waals surface area contributed by atoms with E-state index in [-0.39, 0.29) is 17.3 Å². The van der Waals surface area contributed by atoms with Crippen molar-refractivity contribution in [3.05, 3.63) is 73.9 Å². The van der Waals surface area contributed by atoms with Gasteiger partial charge in [0.05, 0.1) is 17.6 Å². The number of cyclic esters (lactones) is 1. The molecule has 0 fully saturated rings. The molecule has 0 spiro atoms. The van der Waals surface area contributed by atoms with Gasteiger partial charge in [-0.15, -0.1) is 0 Å². The highest BCUT2D eigenvalue weighted by Gasteiger charge is 2.26. The number of hydrogen-bond donors (Lipinski definition) is 0. The van der Waals surface area contributed by atoms with E-state index in [1.54, 1.807) is 24.3 Å². The molecule has 1 aliphatic rings. The predicted molar refractivity (Wildman–Crippen MR) is 94.4 cm³/mol. The molecule has 3 rings (SSSR count). The third-order valence-corrected chi connectivity index (χ3v) is 3.89. The van der Waals surface area contributed by atoms with Crippen molar-refractivity contribution in [3.63, 3.8) is 0 Å². The minimum absolute atomic E-state index is 0.0533. The molecule has 0 aromatic heterocycles. The number of nitro groups is 1. The van der Waals surface area contributed by atoms with Gasteiger partial charge in [0.25, 0.3) is 5.69 Å². The van der Waals surface area contributed by atoms with Gasteiger partial charge in [0.1, 0.15) is 5.75 Å². The number of nitro benzene ring substituents is 1. The van der Waals surface area contributed by atoms with E-state index in [0.29, 0.717) is 16.9 Å². The Labute approximate surface area is 150 Å². The van der Waals surface area contributed by atoms with Crippen molar-refractivity contribution in [1.29, 1.82) is 0 Å². The summed E-state index contributed by atoms with van der Waals surface area (Å²) in [4.78, 5) is 26.6. The normalized spacial score (nSPS) is 15.0. The first-order chi connectivity index (χ1) is 12.0. The highest BCUT2D eigenvalue weighted by Crippen LogP contribution is 2.28. The standard InChI is InChI=1S/C17H11BrN2O5/c1-24-15-6-5-11(18)9-13(15)16-19-14(17(21)25-16)8-10-3-2-4-12(7-10)20(22)23/h2-9H,1H3. The van der Waals surface area contributed by atoms with E-state index in [2.05, 4.69) is 20.9 Å². The average molecular weight is 403 g/mol. The molecule has 0 bridgehead atoms. The topological polar surface area (TPSA) is 91.0 Å². The third-order valence-electron chi connectivity index (χ3n) is 3.40. The van der Waals surface area contributed by atoms with E-state index in [4.69, 9.17) is 9.47 Å². The number of esters is 1. The van der Waals surface area contributed by atoms with Crippen molar-refractivity contribution < 1.29 is 19.2 Å². The molecule has 0 saturated heterocycles. The van der Waals surface area contributed by atoms with Gasteiger partial charge in [-0.2, -0.15) is 0 Å². The minimum atomic E-state index is -0.636. The minimum Gasteiger partial charge on any atom is -0.496 e. The second kappa shape index (κ2) is 6.86. The van der Waals surface area contributed by atoms with Gasteiger partial charge in [-0.05, 0) is 29.8 Å². The van der Waals surface area contributed by atoms with Crippen LogP contribution in [-0.2, 0) is 9.53 Å². The lowest BCUT2D eigenvalue weighted by atomic mass is 10.1. The van der Waals surface area contributed by atoms with Crippen LogP contribution < -0.4 is 4.74 Å². The van der Waals surface area contributed by atoms with Gasteiger partial charge in [-0.1, -0.05) is 28.1 Å². The van der Waals surface area contributed by atoms with Crippen LogP contribution in [0.3, 0.4) is 0 Å². The molecule has 0 atom stereocenters. The summed E-state index contributed by atoms with van der Waals surface area (Å²) in [6.45, 7) is 0. The molecule has 7 nitrogen and oxygen atoms in total. The monoisotopic (exact) mass is 402 g/mol. The van der Waals surface area contributed by atoms with Crippen molar-refractivity contribution in [3.8, 4) is 5.75 Å². The van der Waals surface area contributed by atoms with Crippen LogP contribution in [-0.4, -0.2) is 23.9 Å². The van der Waals surface area contributed by atoms with Crippen LogP contribution in [0, 0.1) is 10.1 Å². The van der Waals surface area contributed by atoms with Crippen LogP contribution in [0.2, 0.25) is 0 Å². The SMILES string of the molecule is COc1ccc(Br)cc1C1=NC(=Cc2cccc([N+](=O)[O-])c2)C(=O)O1. The molecule has 126 valence electrons. The number of rotatable bonds is 4. The number of hydrogen-bond acceptors (Lipinski definition) is 6. The smallest absolute Gasteiger partial charge is 0.363 e. The van der Waals surface area contributed by atoms with Crippen molar-refractivity contribution in [2.75, 3.05) is 7.11 Å². The molecule has 0 saturated carbocycles. The van der Waals surface area contributed by atoms with Gasteiger partial charge in [-0.3, -0.25) is 10.1 Å². The zero-order chi connectivity index (χ0) is 18.0. The molecule has 8 heteroatoms. The van der Waals surface area contributed by atoms with Crippen molar-refractivity contribution in [1.82, 2.24) is 0 Å². The Morgan fingerprint density at radius 2 is 2.08 bits per heavy atom. The molecule has 0 amide bonds. The maximum Gasteiger partial charge on any atom is 0.363 e. The Morgan fingerprint density at radius 3 is 2.80 bits per heavy atom. The fraction of sp³-hybridized carbons (Fsp3) is 0.0588. The van der Waals surface area contributed by atoms with Crippen molar-refractivity contribution in [2.24, 2.45) is 4.99 Å². The zero-order valence-corrected chi connectivity index (χ0v) is 14.5. The molecule has 0 aliphatic carbocycles. The summed E-state index contributed by atoms with van der Waals surface area (Å²) in [6.07, 6.45) is 1.44. The summed E-state index contributed by atoms with van der Waals surface area (Å²) in [5, 5.41) is 10.8. The Balaban J connectivity index is 1.99. The lowest BCUT2D eigenvalue weighted by Gasteiger charge is -2.07. The number of methoxy groups -OCH3 is 1. The van der Waals surface area contributed by atoms with Gasteiger partial charge in [0, 0.05) is 16.6 Å². The van der Waals surface area contributed by atoms with E-state index in [9.17, 15) is 14.9 Å². The number of carbonyl (C=O) groups excluding carboxylic acids is 1. The zero-order valence-electron chi connectivity index (χ0n) is 12.9. The summed E-state index contributed by atoms with van der Waals surface area (Å²) >= 11 is 3.35. The van der Waals surface area contributed by atoms with Crippen LogP contribution in [0.5, 0.6) is 5.75 Å². The first-order valence-electron chi connectivity index (χ1n) is 7.09. The summed E-state index contributed by atoms with van der Waals surface area (Å²) in [7, 11) is 1.50. The maximum absolute atomic E-state index is 12.1. The number of non-ortho nitro benzene ring substituents is 1. The second-order valence-corrected chi connectivity index (χ2v) is 5.95. The quantitative estimate of drug-likeness (QED) is 0.336. The van der Waals surface area contributed by atoms with Crippen molar-refractivity contribution >= 4 is 39.6 Å². The molecular formula is C17H11BrN2O5. The van der Waals surface area contributed by atoms with E-state index in [0.717, 1.165) is 4.47 Å². The lowest BCUT2D eigenvalue weighted by Crippen LogP contribution is -2.07. The molecular weight excluding hydrogens is 392 g/mol. The van der Waals surface area contributed by atoms with Gasteiger partial charge < -0.3 is 9.47 Å². The number of nitrogens with zero attached hydrogens (tertiary/aromatic N) is 2. The van der Waals surface area contributed by atoms with E-state index >= 15 is 0 Å². The number of benzene rings is 2. The highest BCUT2D eigenvalue weighted by molar-refractivity contribution is 9.10. The first-order valence-corrected chi connectivity index (χ1v) is 7.88. The van der Waals surface area contributed by atoms with Crippen molar-refractivity contribution in [2.45, 2.75) is 0 Å².